The standard InChI is InChI=1S/2C16H13.C3H6Si.2ClH.Zr/c2*1-12-6-4-10-14(12)16-11-5-8-13-7-2-3-9-15(13)16;1-2-4-3-1;;;/h2*2-3,5,7-11H,4H2,1H3;1-3H2;2*1H;/q2*-1;;;;+4/p-2. The second-order valence-corrected chi connectivity index (χ2v) is 10.9. The molecule has 1 saturated heterocycles. The summed E-state index contributed by atoms with van der Waals surface area (Å²) in [4.78, 5) is 0. The van der Waals surface area contributed by atoms with Gasteiger partial charge in [0.15, 0.2) is 0 Å². The Balaban J connectivity index is 0.000000224. The fraction of sp³-hybridized carbons (Fsp3) is 0.200. The predicted molar refractivity (Wildman–Crippen MR) is 158 cm³/mol. The second-order valence-electron chi connectivity index (χ2n) is 9.40. The van der Waals surface area contributed by atoms with Crippen LogP contribution in [0, 0.1) is 12.2 Å². The Bertz CT molecular complexity index is 1380. The molecule has 4 aromatic carbocycles. The Morgan fingerprint density at radius 3 is 1.26 bits per heavy atom. The first-order valence-corrected chi connectivity index (χ1v) is 14.4. The van der Waals surface area contributed by atoms with Crippen LogP contribution in [0.1, 0.15) is 44.2 Å². The number of benzene rings is 4. The molecule has 4 aromatic rings. The van der Waals surface area contributed by atoms with Crippen molar-refractivity contribution in [2.45, 2.75) is 45.2 Å². The second kappa shape index (κ2) is 16.3. The van der Waals surface area contributed by atoms with E-state index in [4.69, 9.17) is 0 Å². The number of hydrogen-bond donors (Lipinski definition) is 0. The largest absolute Gasteiger partial charge is 4.00 e. The Labute approximate surface area is 268 Å². The van der Waals surface area contributed by atoms with Gasteiger partial charge in [-0.25, -0.2) is 11.1 Å². The van der Waals surface area contributed by atoms with E-state index >= 15 is 0 Å². The summed E-state index contributed by atoms with van der Waals surface area (Å²) in [6, 6.07) is 33.1. The summed E-state index contributed by atoms with van der Waals surface area (Å²) in [5.41, 5.74) is 7.91. The van der Waals surface area contributed by atoms with Crippen molar-refractivity contribution in [2.75, 3.05) is 0 Å². The zero-order chi connectivity index (χ0) is 24.7. The van der Waals surface area contributed by atoms with Crippen LogP contribution in [0.3, 0.4) is 0 Å². The Kier molecular flexibility index (Phi) is 13.9. The number of allylic oxidation sites excluding steroid dienone is 8. The fourth-order valence-electron chi connectivity index (χ4n) is 4.83. The van der Waals surface area contributed by atoms with E-state index in [-0.39, 0.29) is 51.0 Å². The first kappa shape index (κ1) is 33.2. The SMILES string of the molecule is C1C[Si]C1.CC1=[C-]CC=C1c1cccc2ccccc12.CC1=[C-]CC=C1c1cccc2ccccc12.[Cl-].[Cl-].[Zr+4]. The molecule has 1 heterocycles. The maximum Gasteiger partial charge on any atom is 4.00 e. The summed E-state index contributed by atoms with van der Waals surface area (Å²) in [7, 11) is 1.32. The van der Waals surface area contributed by atoms with Crippen LogP contribution < -0.4 is 24.8 Å². The van der Waals surface area contributed by atoms with E-state index < -0.39 is 0 Å². The molecule has 4 heteroatoms. The van der Waals surface area contributed by atoms with E-state index in [1.54, 1.807) is 0 Å². The molecule has 0 atom stereocenters. The Morgan fingerprint density at radius 1 is 0.564 bits per heavy atom. The Morgan fingerprint density at radius 2 is 0.923 bits per heavy atom. The van der Waals surface area contributed by atoms with E-state index in [0.717, 1.165) is 12.8 Å². The zero-order valence-corrected chi connectivity index (χ0v) is 27.5. The van der Waals surface area contributed by atoms with Crippen LogP contribution in [0.4, 0.5) is 0 Å². The van der Waals surface area contributed by atoms with Gasteiger partial charge in [0.05, 0.1) is 0 Å². The minimum atomic E-state index is 0. The van der Waals surface area contributed by atoms with Gasteiger partial charge in [0.1, 0.15) is 0 Å². The van der Waals surface area contributed by atoms with Crippen LogP contribution in [-0.4, -0.2) is 9.52 Å². The van der Waals surface area contributed by atoms with Crippen molar-refractivity contribution in [1.82, 2.24) is 0 Å². The molecule has 2 aliphatic carbocycles. The molecule has 7 rings (SSSR count). The van der Waals surface area contributed by atoms with Gasteiger partial charge in [-0.3, -0.25) is 12.2 Å². The third-order valence-corrected chi connectivity index (χ3v) is 8.44. The summed E-state index contributed by atoms with van der Waals surface area (Å²) in [6.45, 7) is 4.28. The first-order valence-electron chi connectivity index (χ1n) is 13.0. The van der Waals surface area contributed by atoms with Crippen LogP contribution in [-0.2, 0) is 26.2 Å². The van der Waals surface area contributed by atoms with Crippen LogP contribution in [0.2, 0.25) is 12.1 Å². The van der Waals surface area contributed by atoms with E-state index in [1.165, 1.54) is 83.0 Å². The molecule has 3 aliphatic rings. The van der Waals surface area contributed by atoms with Gasteiger partial charge < -0.3 is 24.8 Å². The van der Waals surface area contributed by atoms with Gasteiger partial charge in [-0.05, 0) is 21.5 Å². The predicted octanol–water partition coefficient (Wildman–Crippen LogP) is 3.69. The van der Waals surface area contributed by atoms with Crippen LogP contribution >= 0.6 is 0 Å². The van der Waals surface area contributed by atoms with Gasteiger partial charge in [0, 0.05) is 9.52 Å². The van der Waals surface area contributed by atoms with Crippen LogP contribution in [0.5, 0.6) is 0 Å². The molecule has 1 fully saturated rings. The van der Waals surface area contributed by atoms with E-state index in [1.807, 2.05) is 0 Å². The summed E-state index contributed by atoms with van der Waals surface area (Å²) < 4.78 is 0. The molecule has 0 spiro atoms. The maximum atomic E-state index is 3.36. The van der Waals surface area contributed by atoms with Crippen molar-refractivity contribution in [3.63, 3.8) is 0 Å². The van der Waals surface area contributed by atoms with Crippen molar-refractivity contribution in [1.29, 1.82) is 0 Å². The van der Waals surface area contributed by atoms with Gasteiger partial charge in [-0.15, -0.1) is 12.8 Å². The molecule has 1 aliphatic heterocycles. The summed E-state index contributed by atoms with van der Waals surface area (Å²) in [6.07, 6.45) is 14.6. The van der Waals surface area contributed by atoms with Gasteiger partial charge >= 0.3 is 26.2 Å². The summed E-state index contributed by atoms with van der Waals surface area (Å²) in [5.74, 6) is 0. The molecule has 0 nitrogen and oxygen atoms in total. The molecule has 0 amide bonds. The smallest absolute Gasteiger partial charge is 1.00 e. The van der Waals surface area contributed by atoms with E-state index in [2.05, 4.69) is 123 Å². The third kappa shape index (κ3) is 8.05. The summed E-state index contributed by atoms with van der Waals surface area (Å²) >= 11 is 0. The molecular formula is C35H32Cl2SiZr. The molecule has 194 valence electrons. The molecule has 2 radical (unpaired) electrons. The van der Waals surface area contributed by atoms with Crippen LogP contribution in [0.25, 0.3) is 32.7 Å². The average Bonchev–Trinajstić information content (AvgIpc) is 3.50. The average molecular weight is 643 g/mol. The van der Waals surface area contributed by atoms with Gasteiger partial charge in [-0.2, -0.15) is 23.3 Å². The van der Waals surface area contributed by atoms with Gasteiger partial charge in [0.25, 0.3) is 0 Å². The quantitative estimate of drug-likeness (QED) is 0.231. The van der Waals surface area contributed by atoms with Crippen molar-refractivity contribution in [2.24, 2.45) is 0 Å². The third-order valence-electron chi connectivity index (χ3n) is 7.02. The first-order chi connectivity index (χ1) is 17.7. The zero-order valence-electron chi connectivity index (χ0n) is 22.5. The minimum absolute atomic E-state index is 0. The van der Waals surface area contributed by atoms with Crippen molar-refractivity contribution >= 4 is 42.2 Å². The fourth-order valence-corrected chi connectivity index (χ4v) is 5.18. The van der Waals surface area contributed by atoms with E-state index in [9.17, 15) is 0 Å². The molecule has 0 bridgehead atoms. The molecule has 0 unspecified atom stereocenters. The van der Waals surface area contributed by atoms with Gasteiger partial charge in [-0.1, -0.05) is 128 Å². The van der Waals surface area contributed by atoms with Gasteiger partial charge in [0.2, 0.25) is 0 Å². The molecular weight excluding hydrogens is 611 g/mol. The maximum absolute atomic E-state index is 3.36. The van der Waals surface area contributed by atoms with Crippen LogP contribution in [0.15, 0.2) is 108 Å². The number of halogens is 2. The van der Waals surface area contributed by atoms with E-state index in [0.29, 0.717) is 0 Å². The molecule has 0 N–H and O–H groups in total. The number of rotatable bonds is 2. The molecule has 0 saturated carbocycles. The normalized spacial score (nSPS) is 14.8. The topological polar surface area (TPSA) is 0 Å². The number of fused-ring (bicyclic) bond motifs is 2. The monoisotopic (exact) mass is 640 g/mol. The van der Waals surface area contributed by atoms with Crippen molar-refractivity contribution in [3.8, 4) is 0 Å². The Hall–Kier alpha value is -1.96. The minimum Gasteiger partial charge on any atom is -1.00 e. The molecule has 39 heavy (non-hydrogen) atoms. The van der Waals surface area contributed by atoms with Crippen molar-refractivity contribution in [3.05, 3.63) is 132 Å². The van der Waals surface area contributed by atoms with Crippen molar-refractivity contribution < 1.29 is 51.0 Å². The summed E-state index contributed by atoms with van der Waals surface area (Å²) in [5, 5.41) is 5.28. The molecule has 0 aromatic heterocycles. The number of hydrogen-bond acceptors (Lipinski definition) is 0.